The lowest BCUT2D eigenvalue weighted by Gasteiger charge is -2.36. The van der Waals surface area contributed by atoms with Crippen LogP contribution in [0.5, 0.6) is 5.75 Å². The van der Waals surface area contributed by atoms with Crippen molar-refractivity contribution in [1.29, 1.82) is 0 Å². The van der Waals surface area contributed by atoms with Crippen LogP contribution in [0.1, 0.15) is 51.9 Å². The molecule has 3 rings (SSSR count). The molecule has 1 saturated heterocycles. The van der Waals surface area contributed by atoms with E-state index in [-0.39, 0.29) is 16.7 Å². The number of hydrogen-bond donors (Lipinski definition) is 0. The number of amides is 1. The van der Waals surface area contributed by atoms with Gasteiger partial charge in [0.25, 0.3) is 0 Å². The molecular weight excluding hydrogens is 376 g/mol. The van der Waals surface area contributed by atoms with E-state index < -0.39 is 10.0 Å². The van der Waals surface area contributed by atoms with Crippen LogP contribution in [0.15, 0.2) is 29.2 Å². The molecule has 1 heterocycles. The van der Waals surface area contributed by atoms with Crippen LogP contribution >= 0.6 is 0 Å². The van der Waals surface area contributed by atoms with Gasteiger partial charge in [-0.05, 0) is 43.5 Å². The Bertz CT molecular complexity index is 734. The number of carbonyl (C=O) groups excluding carboxylic acids is 1. The van der Waals surface area contributed by atoms with Gasteiger partial charge in [0.1, 0.15) is 5.75 Å². The lowest BCUT2D eigenvalue weighted by atomic mass is 9.88. The SMILES string of the molecule is CCCCOc1ccc(S(=O)(=O)N2CCN(C(=O)C3CCCCC3)CC2)cc1. The van der Waals surface area contributed by atoms with E-state index in [0.29, 0.717) is 38.5 Å². The number of ether oxygens (including phenoxy) is 1. The monoisotopic (exact) mass is 408 g/mol. The van der Waals surface area contributed by atoms with Crippen molar-refractivity contribution in [2.24, 2.45) is 5.92 Å². The number of rotatable bonds is 7. The first-order chi connectivity index (χ1) is 13.5. The molecule has 1 saturated carbocycles. The molecule has 1 aromatic rings. The van der Waals surface area contributed by atoms with Gasteiger partial charge in [-0.2, -0.15) is 4.31 Å². The standard InChI is InChI=1S/C21H32N2O4S/c1-2-3-17-27-19-9-11-20(12-10-19)28(25,26)23-15-13-22(14-16-23)21(24)18-7-5-4-6-8-18/h9-12,18H,2-8,13-17H2,1H3. The van der Waals surface area contributed by atoms with Crippen molar-refractivity contribution in [3.63, 3.8) is 0 Å². The number of sulfonamides is 1. The molecule has 0 aromatic heterocycles. The molecule has 0 radical (unpaired) electrons. The summed E-state index contributed by atoms with van der Waals surface area (Å²) in [6, 6.07) is 6.64. The predicted octanol–water partition coefficient (Wildman–Crippen LogP) is 3.28. The molecule has 156 valence electrons. The topological polar surface area (TPSA) is 66.9 Å². The molecule has 28 heavy (non-hydrogen) atoms. The molecule has 1 amide bonds. The molecule has 1 aliphatic carbocycles. The van der Waals surface area contributed by atoms with Gasteiger partial charge in [-0.25, -0.2) is 8.42 Å². The summed E-state index contributed by atoms with van der Waals surface area (Å²) in [4.78, 5) is 14.8. The minimum atomic E-state index is -3.54. The lowest BCUT2D eigenvalue weighted by Crippen LogP contribution is -2.52. The smallest absolute Gasteiger partial charge is 0.243 e. The molecule has 0 unspecified atom stereocenters. The molecule has 0 bridgehead atoms. The van der Waals surface area contributed by atoms with Gasteiger partial charge in [0.2, 0.25) is 15.9 Å². The lowest BCUT2D eigenvalue weighted by molar-refractivity contribution is -0.137. The number of piperazine rings is 1. The molecule has 0 spiro atoms. The van der Waals surface area contributed by atoms with Gasteiger partial charge in [-0.15, -0.1) is 0 Å². The first kappa shape index (κ1) is 21.1. The summed E-state index contributed by atoms with van der Waals surface area (Å²) < 4.78 is 32.9. The van der Waals surface area contributed by atoms with Crippen molar-refractivity contribution in [2.45, 2.75) is 56.8 Å². The van der Waals surface area contributed by atoms with E-state index in [1.54, 1.807) is 24.3 Å². The minimum Gasteiger partial charge on any atom is -0.494 e. The van der Waals surface area contributed by atoms with Crippen molar-refractivity contribution < 1.29 is 17.9 Å². The zero-order chi connectivity index (χ0) is 20.0. The fraction of sp³-hybridized carbons (Fsp3) is 0.667. The predicted molar refractivity (Wildman–Crippen MR) is 109 cm³/mol. The van der Waals surface area contributed by atoms with E-state index >= 15 is 0 Å². The first-order valence-electron chi connectivity index (χ1n) is 10.5. The second kappa shape index (κ2) is 9.74. The van der Waals surface area contributed by atoms with Crippen LogP contribution in [0, 0.1) is 5.92 Å². The van der Waals surface area contributed by atoms with Gasteiger partial charge >= 0.3 is 0 Å². The summed E-state index contributed by atoms with van der Waals surface area (Å²) in [6.07, 6.45) is 7.46. The molecule has 0 N–H and O–H groups in total. The second-order valence-corrected chi connectivity index (χ2v) is 9.68. The van der Waals surface area contributed by atoms with Gasteiger partial charge in [0, 0.05) is 32.1 Å². The summed E-state index contributed by atoms with van der Waals surface area (Å²) in [7, 11) is -3.54. The third-order valence-electron chi connectivity index (χ3n) is 5.73. The van der Waals surface area contributed by atoms with Crippen LogP contribution < -0.4 is 4.74 Å². The van der Waals surface area contributed by atoms with Gasteiger partial charge in [0.05, 0.1) is 11.5 Å². The summed E-state index contributed by atoms with van der Waals surface area (Å²) in [5.41, 5.74) is 0. The summed E-state index contributed by atoms with van der Waals surface area (Å²) in [5, 5.41) is 0. The molecule has 7 heteroatoms. The second-order valence-electron chi connectivity index (χ2n) is 7.74. The Morgan fingerprint density at radius 2 is 1.68 bits per heavy atom. The molecule has 1 aliphatic heterocycles. The highest BCUT2D eigenvalue weighted by Gasteiger charge is 2.32. The van der Waals surface area contributed by atoms with E-state index in [0.717, 1.165) is 38.5 Å². The van der Waals surface area contributed by atoms with Crippen LogP contribution in [-0.2, 0) is 14.8 Å². The van der Waals surface area contributed by atoms with Crippen molar-refractivity contribution in [2.75, 3.05) is 32.8 Å². The third kappa shape index (κ3) is 5.06. The van der Waals surface area contributed by atoms with Gasteiger partial charge in [0.15, 0.2) is 0 Å². The van der Waals surface area contributed by atoms with Crippen molar-refractivity contribution in [3.8, 4) is 5.75 Å². The first-order valence-corrected chi connectivity index (χ1v) is 12.0. The van der Waals surface area contributed by atoms with Crippen LogP contribution in [0.2, 0.25) is 0 Å². The number of carbonyl (C=O) groups is 1. The summed E-state index contributed by atoms with van der Waals surface area (Å²) >= 11 is 0. The molecule has 0 atom stereocenters. The maximum Gasteiger partial charge on any atom is 0.243 e. The molecule has 2 fully saturated rings. The van der Waals surface area contributed by atoms with Crippen LogP contribution in [-0.4, -0.2) is 56.3 Å². The largest absolute Gasteiger partial charge is 0.494 e. The Morgan fingerprint density at radius 3 is 2.29 bits per heavy atom. The number of hydrogen-bond acceptors (Lipinski definition) is 4. The van der Waals surface area contributed by atoms with Gasteiger partial charge < -0.3 is 9.64 Å². The number of nitrogens with zero attached hydrogens (tertiary/aromatic N) is 2. The maximum absolute atomic E-state index is 12.9. The third-order valence-corrected chi connectivity index (χ3v) is 7.65. The Kier molecular flexibility index (Phi) is 7.35. The highest BCUT2D eigenvalue weighted by Crippen LogP contribution is 2.27. The normalized spacial score (nSPS) is 19.5. The van der Waals surface area contributed by atoms with Crippen LogP contribution in [0.25, 0.3) is 0 Å². The quantitative estimate of drug-likeness (QED) is 0.650. The van der Waals surface area contributed by atoms with Crippen LogP contribution in [0.3, 0.4) is 0 Å². The summed E-state index contributed by atoms with van der Waals surface area (Å²) in [6.45, 7) is 4.41. The van der Waals surface area contributed by atoms with E-state index in [2.05, 4.69) is 6.92 Å². The summed E-state index contributed by atoms with van der Waals surface area (Å²) in [5.74, 6) is 1.04. The molecular formula is C21H32N2O4S. The van der Waals surface area contributed by atoms with E-state index in [1.807, 2.05) is 4.90 Å². The number of unbranched alkanes of at least 4 members (excludes halogenated alkanes) is 1. The minimum absolute atomic E-state index is 0.136. The molecule has 6 nitrogen and oxygen atoms in total. The highest BCUT2D eigenvalue weighted by atomic mass is 32.2. The van der Waals surface area contributed by atoms with E-state index in [1.165, 1.54) is 10.7 Å². The molecule has 2 aliphatic rings. The van der Waals surface area contributed by atoms with Gasteiger partial charge in [-0.3, -0.25) is 4.79 Å². The zero-order valence-electron chi connectivity index (χ0n) is 16.8. The van der Waals surface area contributed by atoms with Crippen molar-refractivity contribution in [3.05, 3.63) is 24.3 Å². The Hall–Kier alpha value is -1.60. The maximum atomic E-state index is 12.9. The average Bonchev–Trinajstić information content (AvgIpc) is 2.74. The average molecular weight is 409 g/mol. The van der Waals surface area contributed by atoms with Crippen LogP contribution in [0.4, 0.5) is 0 Å². The Balaban J connectivity index is 1.56. The fourth-order valence-electron chi connectivity index (χ4n) is 3.95. The Morgan fingerprint density at radius 1 is 1.04 bits per heavy atom. The van der Waals surface area contributed by atoms with Gasteiger partial charge in [-0.1, -0.05) is 32.6 Å². The zero-order valence-corrected chi connectivity index (χ0v) is 17.6. The van der Waals surface area contributed by atoms with Crippen molar-refractivity contribution in [1.82, 2.24) is 9.21 Å². The highest BCUT2D eigenvalue weighted by molar-refractivity contribution is 7.89. The van der Waals surface area contributed by atoms with E-state index in [4.69, 9.17) is 4.74 Å². The fourth-order valence-corrected chi connectivity index (χ4v) is 5.37. The Labute approximate surface area is 168 Å². The molecule has 1 aromatic carbocycles. The van der Waals surface area contributed by atoms with Crippen molar-refractivity contribution >= 4 is 15.9 Å². The van der Waals surface area contributed by atoms with E-state index in [9.17, 15) is 13.2 Å². The number of benzene rings is 1.